The molecule has 1 rings (SSSR count). The van der Waals surface area contributed by atoms with Crippen molar-refractivity contribution in [1.82, 2.24) is 10.3 Å². The summed E-state index contributed by atoms with van der Waals surface area (Å²) in [7, 11) is 0. The number of carbonyl (C=O) groups excluding carboxylic acids is 2. The molecule has 0 unspecified atom stereocenters. The third kappa shape index (κ3) is 3.81. The number of pyridine rings is 1. The first kappa shape index (κ1) is 12.4. The van der Waals surface area contributed by atoms with Crippen molar-refractivity contribution in [2.75, 3.05) is 6.54 Å². The fraction of sp³-hybridized carbons (Fsp3) is 0.417. The molecule has 1 amide bonds. The number of aromatic nitrogens is 1. The molecule has 1 heterocycles. The quantitative estimate of drug-likeness (QED) is 0.816. The molecule has 0 aliphatic rings. The summed E-state index contributed by atoms with van der Waals surface area (Å²) in [6, 6.07) is 5.14. The number of hydrogen-bond donors (Lipinski definition) is 1. The maximum atomic E-state index is 11.5. The zero-order chi connectivity index (χ0) is 12.0. The van der Waals surface area contributed by atoms with E-state index in [9.17, 15) is 9.59 Å². The highest BCUT2D eigenvalue weighted by Gasteiger charge is 2.09. The summed E-state index contributed by atoms with van der Waals surface area (Å²) in [6.07, 6.45) is 1.93. The number of carbonyl (C=O) groups is 2. The predicted octanol–water partition coefficient (Wildman–Crippen LogP) is 1.43. The first-order valence-electron chi connectivity index (χ1n) is 5.33. The second-order valence-electron chi connectivity index (χ2n) is 3.84. The minimum atomic E-state index is -0.239. The van der Waals surface area contributed by atoms with Crippen molar-refractivity contribution in [3.8, 4) is 0 Å². The van der Waals surface area contributed by atoms with E-state index >= 15 is 0 Å². The van der Waals surface area contributed by atoms with Gasteiger partial charge in [-0.25, -0.2) is 0 Å². The van der Waals surface area contributed by atoms with Gasteiger partial charge in [0.2, 0.25) is 0 Å². The van der Waals surface area contributed by atoms with E-state index in [-0.39, 0.29) is 17.6 Å². The molecular weight excluding hydrogens is 204 g/mol. The van der Waals surface area contributed by atoms with Crippen LogP contribution < -0.4 is 5.32 Å². The van der Waals surface area contributed by atoms with Gasteiger partial charge in [0.25, 0.3) is 5.91 Å². The molecule has 1 aromatic rings. The van der Waals surface area contributed by atoms with Gasteiger partial charge in [-0.3, -0.25) is 14.6 Å². The van der Waals surface area contributed by atoms with Crippen molar-refractivity contribution >= 4 is 11.7 Å². The summed E-state index contributed by atoms with van der Waals surface area (Å²) in [4.78, 5) is 26.7. The number of nitrogens with one attached hydrogen (secondary N) is 1. The smallest absolute Gasteiger partial charge is 0.269 e. The van der Waals surface area contributed by atoms with Gasteiger partial charge in [-0.1, -0.05) is 19.9 Å². The van der Waals surface area contributed by atoms with E-state index in [4.69, 9.17) is 0 Å². The van der Waals surface area contributed by atoms with E-state index < -0.39 is 0 Å². The monoisotopic (exact) mass is 220 g/mol. The first-order chi connectivity index (χ1) is 7.61. The number of nitrogens with zero attached hydrogens (tertiary/aromatic N) is 1. The van der Waals surface area contributed by atoms with Crippen LogP contribution in [0.15, 0.2) is 24.4 Å². The van der Waals surface area contributed by atoms with Gasteiger partial charge in [0, 0.05) is 25.1 Å². The highest BCUT2D eigenvalue weighted by molar-refractivity contribution is 5.92. The normalized spacial score (nSPS) is 10.2. The highest BCUT2D eigenvalue weighted by atomic mass is 16.2. The van der Waals surface area contributed by atoms with Crippen LogP contribution in [0.25, 0.3) is 0 Å². The van der Waals surface area contributed by atoms with Gasteiger partial charge >= 0.3 is 0 Å². The third-order valence-corrected chi connectivity index (χ3v) is 2.20. The van der Waals surface area contributed by atoms with Crippen molar-refractivity contribution in [3.63, 3.8) is 0 Å². The summed E-state index contributed by atoms with van der Waals surface area (Å²) in [5.74, 6) is -0.0646. The van der Waals surface area contributed by atoms with E-state index in [0.29, 0.717) is 18.7 Å². The minimum absolute atomic E-state index is 0.0201. The Labute approximate surface area is 95.1 Å². The van der Waals surface area contributed by atoms with E-state index in [0.717, 1.165) is 0 Å². The maximum absolute atomic E-state index is 11.5. The van der Waals surface area contributed by atoms with Gasteiger partial charge in [0.05, 0.1) is 0 Å². The molecule has 0 radical (unpaired) electrons. The van der Waals surface area contributed by atoms with E-state index in [1.807, 2.05) is 13.8 Å². The van der Waals surface area contributed by atoms with Crippen LogP contribution in [0.5, 0.6) is 0 Å². The van der Waals surface area contributed by atoms with Crippen LogP contribution in [-0.2, 0) is 4.79 Å². The van der Waals surface area contributed by atoms with Crippen molar-refractivity contribution in [2.24, 2.45) is 5.92 Å². The summed E-state index contributed by atoms with van der Waals surface area (Å²) >= 11 is 0. The van der Waals surface area contributed by atoms with Gasteiger partial charge in [-0.15, -0.1) is 0 Å². The van der Waals surface area contributed by atoms with Gasteiger partial charge in [0.15, 0.2) is 0 Å². The molecule has 0 saturated carbocycles. The van der Waals surface area contributed by atoms with E-state index in [1.165, 1.54) is 0 Å². The van der Waals surface area contributed by atoms with Gasteiger partial charge in [0.1, 0.15) is 11.5 Å². The molecule has 0 bridgehead atoms. The van der Waals surface area contributed by atoms with E-state index in [1.54, 1.807) is 24.4 Å². The molecule has 4 nitrogen and oxygen atoms in total. The molecule has 0 saturated heterocycles. The highest BCUT2D eigenvalue weighted by Crippen LogP contribution is 1.98. The summed E-state index contributed by atoms with van der Waals surface area (Å²) in [6.45, 7) is 4.07. The molecule has 0 spiro atoms. The third-order valence-electron chi connectivity index (χ3n) is 2.20. The second kappa shape index (κ2) is 6.00. The number of rotatable bonds is 5. The fourth-order valence-corrected chi connectivity index (χ4v) is 1.18. The first-order valence-corrected chi connectivity index (χ1v) is 5.33. The van der Waals surface area contributed by atoms with Crippen molar-refractivity contribution in [2.45, 2.75) is 20.3 Å². The molecule has 0 atom stereocenters. The lowest BCUT2D eigenvalue weighted by molar-refractivity contribution is -0.121. The van der Waals surface area contributed by atoms with Crippen LogP contribution in [0.4, 0.5) is 0 Å². The summed E-state index contributed by atoms with van der Waals surface area (Å²) < 4.78 is 0. The maximum Gasteiger partial charge on any atom is 0.269 e. The van der Waals surface area contributed by atoms with Crippen LogP contribution >= 0.6 is 0 Å². The molecule has 0 aliphatic heterocycles. The van der Waals surface area contributed by atoms with Crippen LogP contribution in [0.2, 0.25) is 0 Å². The number of hydrogen-bond acceptors (Lipinski definition) is 3. The summed E-state index contributed by atoms with van der Waals surface area (Å²) in [5.41, 5.74) is 0.375. The molecule has 4 heteroatoms. The van der Waals surface area contributed by atoms with Crippen molar-refractivity contribution in [3.05, 3.63) is 30.1 Å². The number of ketones is 1. The largest absolute Gasteiger partial charge is 0.350 e. The molecular formula is C12H16N2O2. The van der Waals surface area contributed by atoms with Crippen LogP contribution in [-0.4, -0.2) is 23.2 Å². The molecule has 0 aromatic carbocycles. The average molecular weight is 220 g/mol. The van der Waals surface area contributed by atoms with Gasteiger partial charge < -0.3 is 5.32 Å². The Kier molecular flexibility index (Phi) is 4.64. The van der Waals surface area contributed by atoms with Gasteiger partial charge in [-0.05, 0) is 12.1 Å². The Bertz CT molecular complexity index is 361. The predicted molar refractivity (Wildman–Crippen MR) is 61.0 cm³/mol. The lowest BCUT2D eigenvalue weighted by Gasteiger charge is -2.05. The topological polar surface area (TPSA) is 59.1 Å². The van der Waals surface area contributed by atoms with Crippen molar-refractivity contribution < 1.29 is 9.59 Å². The molecule has 1 aromatic heterocycles. The van der Waals surface area contributed by atoms with Crippen LogP contribution in [0.3, 0.4) is 0 Å². The Morgan fingerprint density at radius 3 is 2.69 bits per heavy atom. The zero-order valence-corrected chi connectivity index (χ0v) is 9.56. The summed E-state index contributed by atoms with van der Waals surface area (Å²) in [5, 5.41) is 2.66. The Balaban J connectivity index is 2.34. The lowest BCUT2D eigenvalue weighted by atomic mass is 10.1. The molecule has 0 aliphatic carbocycles. The number of Topliss-reactive ketones (excluding diaryl/α,β-unsaturated/α-hetero) is 1. The average Bonchev–Trinajstić information content (AvgIpc) is 2.29. The second-order valence-corrected chi connectivity index (χ2v) is 3.84. The Hall–Kier alpha value is -1.71. The molecule has 86 valence electrons. The van der Waals surface area contributed by atoms with Crippen LogP contribution in [0.1, 0.15) is 30.8 Å². The molecule has 1 N–H and O–H groups in total. The molecule has 0 fully saturated rings. The zero-order valence-electron chi connectivity index (χ0n) is 9.56. The standard InChI is InChI=1S/C12H16N2O2/c1-9(2)11(15)6-8-14-12(16)10-5-3-4-7-13-10/h3-5,7,9H,6,8H2,1-2H3,(H,14,16). The Morgan fingerprint density at radius 2 is 2.12 bits per heavy atom. The lowest BCUT2D eigenvalue weighted by Crippen LogP contribution is -2.27. The fourth-order valence-electron chi connectivity index (χ4n) is 1.18. The SMILES string of the molecule is CC(C)C(=O)CCNC(=O)c1ccccn1. The number of amides is 1. The van der Waals surface area contributed by atoms with Crippen molar-refractivity contribution in [1.29, 1.82) is 0 Å². The van der Waals surface area contributed by atoms with Gasteiger partial charge in [-0.2, -0.15) is 0 Å². The van der Waals surface area contributed by atoms with E-state index in [2.05, 4.69) is 10.3 Å². The minimum Gasteiger partial charge on any atom is -0.350 e. The Morgan fingerprint density at radius 1 is 1.38 bits per heavy atom. The van der Waals surface area contributed by atoms with Crippen LogP contribution in [0, 0.1) is 5.92 Å². The molecule has 16 heavy (non-hydrogen) atoms.